The zero-order valence-corrected chi connectivity index (χ0v) is 13.1. The summed E-state index contributed by atoms with van der Waals surface area (Å²) in [6, 6.07) is 19.3. The van der Waals surface area contributed by atoms with Crippen LogP contribution in [0, 0.1) is 0 Å². The van der Waals surface area contributed by atoms with E-state index in [2.05, 4.69) is 48.6 Å². The smallest absolute Gasteiger partial charge is 0.123 e. The zero-order valence-electron chi connectivity index (χ0n) is 12.3. The monoisotopic (exact) mass is 297 g/mol. The van der Waals surface area contributed by atoms with Crippen molar-refractivity contribution < 1.29 is 4.74 Å². The Hall–Kier alpha value is -1.84. The van der Waals surface area contributed by atoms with Crippen LogP contribution >= 0.6 is 11.3 Å². The molecule has 1 aromatic heterocycles. The molecule has 3 aromatic rings. The van der Waals surface area contributed by atoms with Crippen LogP contribution in [-0.4, -0.2) is 7.11 Å². The molecule has 2 nitrogen and oxygen atoms in total. The number of nitrogens with one attached hydrogen (secondary N) is 1. The lowest BCUT2D eigenvalue weighted by molar-refractivity contribution is 0.406. The largest absolute Gasteiger partial charge is 0.496 e. The Balaban J connectivity index is 1.72. The predicted octanol–water partition coefficient (Wildman–Crippen LogP) is 4.76. The fourth-order valence-electron chi connectivity index (χ4n) is 2.43. The summed E-state index contributed by atoms with van der Waals surface area (Å²) >= 11 is 1.86. The average molecular weight is 297 g/mol. The van der Waals surface area contributed by atoms with Gasteiger partial charge in [-0.05, 0) is 30.5 Å². The quantitative estimate of drug-likeness (QED) is 0.733. The number of thiophene rings is 1. The molecule has 0 aliphatic rings. The van der Waals surface area contributed by atoms with Crippen LogP contribution in [-0.2, 0) is 6.54 Å². The summed E-state index contributed by atoms with van der Waals surface area (Å²) < 4.78 is 6.74. The molecule has 0 spiro atoms. The molecule has 0 radical (unpaired) electrons. The minimum Gasteiger partial charge on any atom is -0.496 e. The van der Waals surface area contributed by atoms with E-state index >= 15 is 0 Å². The number of para-hydroxylation sites is 1. The van der Waals surface area contributed by atoms with Crippen LogP contribution in [0.4, 0.5) is 0 Å². The zero-order chi connectivity index (χ0) is 14.7. The summed E-state index contributed by atoms with van der Waals surface area (Å²) in [5, 5.41) is 4.90. The van der Waals surface area contributed by atoms with Crippen molar-refractivity contribution in [3.63, 3.8) is 0 Å². The lowest BCUT2D eigenvalue weighted by atomic mass is 10.1. The standard InChI is InChI=1S/C18H19NOS/c1-13(18-11-14-7-4-6-10-17(14)21-18)19-12-15-8-3-5-9-16(15)20-2/h3-11,13,19H,12H2,1-2H3. The maximum Gasteiger partial charge on any atom is 0.123 e. The van der Waals surface area contributed by atoms with E-state index < -0.39 is 0 Å². The van der Waals surface area contributed by atoms with E-state index in [1.165, 1.54) is 20.5 Å². The highest BCUT2D eigenvalue weighted by molar-refractivity contribution is 7.19. The van der Waals surface area contributed by atoms with Gasteiger partial charge in [-0.3, -0.25) is 0 Å². The maximum absolute atomic E-state index is 5.39. The van der Waals surface area contributed by atoms with E-state index in [-0.39, 0.29) is 0 Å². The van der Waals surface area contributed by atoms with Crippen molar-refractivity contribution in [3.8, 4) is 5.75 Å². The lowest BCUT2D eigenvalue weighted by Crippen LogP contribution is -2.17. The Morgan fingerprint density at radius 2 is 1.86 bits per heavy atom. The Labute approximate surface area is 129 Å². The number of rotatable bonds is 5. The van der Waals surface area contributed by atoms with Crippen LogP contribution in [0.2, 0.25) is 0 Å². The summed E-state index contributed by atoms with van der Waals surface area (Å²) in [7, 11) is 1.72. The van der Waals surface area contributed by atoms with Crippen molar-refractivity contribution in [2.24, 2.45) is 0 Å². The highest BCUT2D eigenvalue weighted by Gasteiger charge is 2.10. The van der Waals surface area contributed by atoms with Gasteiger partial charge in [0.25, 0.3) is 0 Å². The molecule has 0 bridgehead atoms. The fraction of sp³-hybridized carbons (Fsp3) is 0.222. The molecule has 0 aliphatic heterocycles. The second-order valence-corrected chi connectivity index (χ2v) is 6.22. The van der Waals surface area contributed by atoms with Crippen LogP contribution in [0.1, 0.15) is 23.4 Å². The van der Waals surface area contributed by atoms with E-state index in [9.17, 15) is 0 Å². The van der Waals surface area contributed by atoms with Crippen molar-refractivity contribution in [2.75, 3.05) is 7.11 Å². The molecular weight excluding hydrogens is 278 g/mol. The normalized spacial score (nSPS) is 12.5. The average Bonchev–Trinajstić information content (AvgIpc) is 2.97. The highest BCUT2D eigenvalue weighted by atomic mass is 32.1. The summed E-state index contributed by atoms with van der Waals surface area (Å²) in [4.78, 5) is 1.37. The topological polar surface area (TPSA) is 21.3 Å². The molecule has 1 unspecified atom stereocenters. The van der Waals surface area contributed by atoms with Gasteiger partial charge in [0.2, 0.25) is 0 Å². The van der Waals surface area contributed by atoms with Gasteiger partial charge in [0, 0.05) is 27.7 Å². The molecule has 21 heavy (non-hydrogen) atoms. The van der Waals surface area contributed by atoms with Crippen LogP contribution in [0.3, 0.4) is 0 Å². The third kappa shape index (κ3) is 3.09. The molecule has 3 heteroatoms. The van der Waals surface area contributed by atoms with Gasteiger partial charge in [0.1, 0.15) is 5.75 Å². The summed E-state index contributed by atoms with van der Waals surface area (Å²) in [6.45, 7) is 3.01. The van der Waals surface area contributed by atoms with Crippen molar-refractivity contribution in [3.05, 3.63) is 65.0 Å². The van der Waals surface area contributed by atoms with Crippen molar-refractivity contribution in [2.45, 2.75) is 19.5 Å². The Bertz CT molecular complexity index is 702. The number of hydrogen-bond acceptors (Lipinski definition) is 3. The molecule has 0 aliphatic carbocycles. The molecule has 0 amide bonds. The van der Waals surface area contributed by atoms with Crippen molar-refractivity contribution in [1.29, 1.82) is 0 Å². The molecule has 1 N–H and O–H groups in total. The van der Waals surface area contributed by atoms with Gasteiger partial charge in [-0.2, -0.15) is 0 Å². The molecule has 1 atom stereocenters. The third-order valence-corrected chi connectivity index (χ3v) is 4.96. The SMILES string of the molecule is COc1ccccc1CNC(C)c1cc2ccccc2s1. The Morgan fingerprint density at radius 3 is 2.67 bits per heavy atom. The highest BCUT2D eigenvalue weighted by Crippen LogP contribution is 2.30. The van der Waals surface area contributed by atoms with E-state index in [0.717, 1.165) is 12.3 Å². The van der Waals surface area contributed by atoms with Crippen LogP contribution in [0.25, 0.3) is 10.1 Å². The molecule has 1 heterocycles. The first kappa shape index (κ1) is 14.1. The van der Waals surface area contributed by atoms with E-state index in [1.807, 2.05) is 29.5 Å². The molecule has 3 rings (SSSR count). The first-order valence-electron chi connectivity index (χ1n) is 7.11. The summed E-state index contributed by atoms with van der Waals surface area (Å²) in [6.07, 6.45) is 0. The van der Waals surface area contributed by atoms with Crippen molar-refractivity contribution >= 4 is 21.4 Å². The van der Waals surface area contributed by atoms with Gasteiger partial charge >= 0.3 is 0 Å². The molecular formula is C18H19NOS. The van der Waals surface area contributed by atoms with Crippen LogP contribution in [0.15, 0.2) is 54.6 Å². The van der Waals surface area contributed by atoms with E-state index in [0.29, 0.717) is 6.04 Å². The third-order valence-electron chi connectivity index (χ3n) is 3.66. The maximum atomic E-state index is 5.39. The van der Waals surface area contributed by atoms with E-state index in [1.54, 1.807) is 7.11 Å². The molecule has 0 fully saturated rings. The van der Waals surface area contributed by atoms with Crippen molar-refractivity contribution in [1.82, 2.24) is 5.32 Å². The Morgan fingerprint density at radius 1 is 1.10 bits per heavy atom. The number of ether oxygens (including phenoxy) is 1. The minimum atomic E-state index is 0.326. The van der Waals surface area contributed by atoms with Gasteiger partial charge in [0.05, 0.1) is 7.11 Å². The summed E-state index contributed by atoms with van der Waals surface area (Å²) in [5.41, 5.74) is 1.19. The van der Waals surface area contributed by atoms with Gasteiger partial charge in [-0.1, -0.05) is 36.4 Å². The van der Waals surface area contributed by atoms with E-state index in [4.69, 9.17) is 4.74 Å². The predicted molar refractivity (Wildman–Crippen MR) is 90.1 cm³/mol. The van der Waals surface area contributed by atoms with Crippen LogP contribution < -0.4 is 10.1 Å². The first-order chi connectivity index (χ1) is 10.3. The van der Waals surface area contributed by atoms with Gasteiger partial charge < -0.3 is 10.1 Å². The lowest BCUT2D eigenvalue weighted by Gasteiger charge is -2.14. The second kappa shape index (κ2) is 6.29. The molecule has 0 saturated carbocycles. The van der Waals surface area contributed by atoms with Gasteiger partial charge in [-0.15, -0.1) is 11.3 Å². The molecule has 108 valence electrons. The summed E-state index contributed by atoms with van der Waals surface area (Å²) in [5.74, 6) is 0.938. The number of fused-ring (bicyclic) bond motifs is 1. The number of hydrogen-bond donors (Lipinski definition) is 1. The molecule has 0 saturated heterocycles. The minimum absolute atomic E-state index is 0.326. The second-order valence-electron chi connectivity index (χ2n) is 5.10. The first-order valence-corrected chi connectivity index (χ1v) is 7.93. The van der Waals surface area contributed by atoms with Crippen LogP contribution in [0.5, 0.6) is 5.75 Å². The fourth-order valence-corrected chi connectivity index (χ4v) is 3.52. The number of benzene rings is 2. The van der Waals surface area contributed by atoms with Gasteiger partial charge in [-0.25, -0.2) is 0 Å². The van der Waals surface area contributed by atoms with Gasteiger partial charge in [0.15, 0.2) is 0 Å². The molecule has 2 aromatic carbocycles. The Kier molecular flexibility index (Phi) is 4.23. The number of methoxy groups -OCH3 is 1.